The van der Waals surface area contributed by atoms with Crippen molar-refractivity contribution in [2.24, 2.45) is 0 Å². The number of nitrogen functional groups attached to an aromatic ring is 1. The molecule has 0 heterocycles. The first-order chi connectivity index (χ1) is 8.08. The van der Waals surface area contributed by atoms with Crippen molar-refractivity contribution in [3.05, 3.63) is 47.5 Å². The average Bonchev–Trinajstić information content (AvgIpc) is 2.29. The third kappa shape index (κ3) is 2.25. The molecule has 2 rings (SSSR count). The number of rotatable bonds is 2. The van der Waals surface area contributed by atoms with Crippen molar-refractivity contribution < 1.29 is 15.3 Å². The van der Waals surface area contributed by atoms with Crippen molar-refractivity contribution in [1.29, 1.82) is 0 Å². The number of nitrogens with two attached hydrogens (primary N) is 1. The standard InChI is InChI=1S/C13H13NO3/c14-10-4-2-1-3-9(10)5-8-6-11(15)13(17)12(16)7-8/h1-4,6-7,15-17H,5,14H2. The van der Waals surface area contributed by atoms with Gasteiger partial charge in [-0.2, -0.15) is 0 Å². The highest BCUT2D eigenvalue weighted by molar-refractivity contribution is 5.54. The molecule has 0 atom stereocenters. The molecule has 4 heteroatoms. The zero-order chi connectivity index (χ0) is 12.4. The van der Waals surface area contributed by atoms with Crippen LogP contribution in [0.2, 0.25) is 0 Å². The van der Waals surface area contributed by atoms with Gasteiger partial charge in [-0.3, -0.25) is 0 Å². The van der Waals surface area contributed by atoms with E-state index >= 15 is 0 Å². The van der Waals surface area contributed by atoms with Crippen LogP contribution in [-0.4, -0.2) is 15.3 Å². The first-order valence-electron chi connectivity index (χ1n) is 5.15. The second-order valence-corrected chi connectivity index (χ2v) is 3.86. The van der Waals surface area contributed by atoms with E-state index in [0.29, 0.717) is 17.7 Å². The Morgan fingerprint density at radius 1 is 0.941 bits per heavy atom. The lowest BCUT2D eigenvalue weighted by molar-refractivity contribution is 0.367. The molecule has 0 spiro atoms. The van der Waals surface area contributed by atoms with Crippen LogP contribution in [0, 0.1) is 0 Å². The summed E-state index contributed by atoms with van der Waals surface area (Å²) in [5, 5.41) is 28.0. The highest BCUT2D eigenvalue weighted by atomic mass is 16.3. The fourth-order valence-electron chi connectivity index (χ4n) is 1.68. The molecule has 2 aromatic carbocycles. The summed E-state index contributed by atoms with van der Waals surface area (Å²) in [6.07, 6.45) is 0.480. The van der Waals surface area contributed by atoms with Gasteiger partial charge >= 0.3 is 0 Å². The molecule has 2 aromatic rings. The zero-order valence-corrected chi connectivity index (χ0v) is 9.09. The molecule has 17 heavy (non-hydrogen) atoms. The molecule has 4 nitrogen and oxygen atoms in total. The summed E-state index contributed by atoms with van der Waals surface area (Å²) in [7, 11) is 0. The minimum absolute atomic E-state index is 0.338. The van der Waals surface area contributed by atoms with Crippen LogP contribution in [0.4, 0.5) is 5.69 Å². The van der Waals surface area contributed by atoms with Gasteiger partial charge in [-0.25, -0.2) is 0 Å². The number of para-hydroxylation sites is 1. The Balaban J connectivity index is 2.34. The Bertz CT molecular complexity index is 529. The van der Waals surface area contributed by atoms with Crippen molar-refractivity contribution in [3.63, 3.8) is 0 Å². The van der Waals surface area contributed by atoms with Gasteiger partial charge in [0.25, 0.3) is 0 Å². The van der Waals surface area contributed by atoms with Gasteiger partial charge in [-0.1, -0.05) is 18.2 Å². The Morgan fingerprint density at radius 3 is 2.12 bits per heavy atom. The number of benzene rings is 2. The molecule has 0 saturated carbocycles. The van der Waals surface area contributed by atoms with Gasteiger partial charge in [0.05, 0.1) is 0 Å². The van der Waals surface area contributed by atoms with Crippen LogP contribution in [0.15, 0.2) is 36.4 Å². The molecule has 0 amide bonds. The van der Waals surface area contributed by atoms with E-state index in [1.807, 2.05) is 18.2 Å². The van der Waals surface area contributed by atoms with Crippen molar-refractivity contribution in [3.8, 4) is 17.2 Å². The largest absolute Gasteiger partial charge is 0.504 e. The molecule has 0 aromatic heterocycles. The maximum Gasteiger partial charge on any atom is 0.200 e. The summed E-state index contributed by atoms with van der Waals surface area (Å²) in [6.45, 7) is 0. The van der Waals surface area contributed by atoms with E-state index in [9.17, 15) is 15.3 Å². The quantitative estimate of drug-likeness (QED) is 0.470. The van der Waals surface area contributed by atoms with Crippen LogP contribution >= 0.6 is 0 Å². The van der Waals surface area contributed by atoms with Gasteiger partial charge in [0.15, 0.2) is 17.2 Å². The summed E-state index contributed by atoms with van der Waals surface area (Å²) in [5.41, 5.74) is 8.03. The number of phenols is 3. The normalized spacial score (nSPS) is 10.4. The van der Waals surface area contributed by atoms with Crippen LogP contribution in [0.25, 0.3) is 0 Å². The Hall–Kier alpha value is -2.36. The fraction of sp³-hybridized carbons (Fsp3) is 0.0769. The Labute approximate surface area is 98.6 Å². The number of anilines is 1. The lowest BCUT2D eigenvalue weighted by atomic mass is 10.0. The van der Waals surface area contributed by atoms with Gasteiger partial charge in [0.1, 0.15) is 0 Å². The molecule has 0 unspecified atom stereocenters. The number of hydrogen-bond donors (Lipinski definition) is 4. The van der Waals surface area contributed by atoms with E-state index in [-0.39, 0.29) is 11.5 Å². The molecule has 0 fully saturated rings. The van der Waals surface area contributed by atoms with Gasteiger partial charge < -0.3 is 21.1 Å². The molecular weight excluding hydrogens is 218 g/mol. The molecule has 0 saturated heterocycles. The molecule has 0 radical (unpaired) electrons. The Kier molecular flexibility index (Phi) is 2.78. The monoisotopic (exact) mass is 231 g/mol. The van der Waals surface area contributed by atoms with Crippen LogP contribution in [0.5, 0.6) is 17.2 Å². The van der Waals surface area contributed by atoms with E-state index in [1.54, 1.807) is 6.07 Å². The third-order valence-corrected chi connectivity index (χ3v) is 2.58. The van der Waals surface area contributed by atoms with E-state index < -0.39 is 5.75 Å². The van der Waals surface area contributed by atoms with Crippen LogP contribution < -0.4 is 5.73 Å². The van der Waals surface area contributed by atoms with Crippen molar-refractivity contribution in [2.75, 3.05) is 5.73 Å². The first-order valence-corrected chi connectivity index (χ1v) is 5.15. The topological polar surface area (TPSA) is 86.7 Å². The molecule has 88 valence electrons. The van der Waals surface area contributed by atoms with Crippen molar-refractivity contribution in [1.82, 2.24) is 0 Å². The maximum absolute atomic E-state index is 9.39. The van der Waals surface area contributed by atoms with Crippen molar-refractivity contribution >= 4 is 5.69 Å². The van der Waals surface area contributed by atoms with Crippen LogP contribution in [-0.2, 0) is 6.42 Å². The highest BCUT2D eigenvalue weighted by Gasteiger charge is 2.09. The highest BCUT2D eigenvalue weighted by Crippen LogP contribution is 2.36. The summed E-state index contributed by atoms with van der Waals surface area (Å²) < 4.78 is 0. The molecule has 0 aliphatic heterocycles. The second-order valence-electron chi connectivity index (χ2n) is 3.86. The van der Waals surface area contributed by atoms with E-state index in [0.717, 1.165) is 5.56 Å². The number of hydrogen-bond acceptors (Lipinski definition) is 4. The van der Waals surface area contributed by atoms with Gasteiger partial charge in [0.2, 0.25) is 0 Å². The van der Waals surface area contributed by atoms with Crippen LogP contribution in [0.3, 0.4) is 0 Å². The summed E-state index contributed by atoms with van der Waals surface area (Å²) in [4.78, 5) is 0. The zero-order valence-electron chi connectivity index (χ0n) is 9.09. The first kappa shape index (κ1) is 11.1. The third-order valence-electron chi connectivity index (χ3n) is 2.58. The SMILES string of the molecule is Nc1ccccc1Cc1cc(O)c(O)c(O)c1. The minimum Gasteiger partial charge on any atom is -0.504 e. The Morgan fingerprint density at radius 2 is 1.53 bits per heavy atom. The minimum atomic E-state index is -0.505. The van der Waals surface area contributed by atoms with Gasteiger partial charge in [-0.15, -0.1) is 0 Å². The van der Waals surface area contributed by atoms with E-state index in [1.165, 1.54) is 12.1 Å². The molecule has 0 bridgehead atoms. The van der Waals surface area contributed by atoms with Gasteiger partial charge in [-0.05, 0) is 35.7 Å². The van der Waals surface area contributed by atoms with Crippen LogP contribution in [0.1, 0.15) is 11.1 Å². The van der Waals surface area contributed by atoms with E-state index in [2.05, 4.69) is 0 Å². The lowest BCUT2D eigenvalue weighted by Gasteiger charge is -2.08. The molecule has 0 aliphatic carbocycles. The fourth-order valence-corrected chi connectivity index (χ4v) is 1.68. The van der Waals surface area contributed by atoms with Gasteiger partial charge in [0, 0.05) is 5.69 Å². The summed E-state index contributed by atoms with van der Waals surface area (Å²) >= 11 is 0. The summed E-state index contributed by atoms with van der Waals surface area (Å²) in [5.74, 6) is -1.18. The second kappa shape index (κ2) is 4.25. The number of phenolic OH excluding ortho intramolecular Hbond substituents is 3. The lowest BCUT2D eigenvalue weighted by Crippen LogP contribution is -1.95. The number of aromatic hydroxyl groups is 3. The maximum atomic E-state index is 9.39. The predicted octanol–water partition coefficient (Wildman–Crippen LogP) is 1.98. The molecular formula is C13H13NO3. The average molecular weight is 231 g/mol. The molecule has 5 N–H and O–H groups in total. The smallest absolute Gasteiger partial charge is 0.200 e. The van der Waals surface area contributed by atoms with Crippen molar-refractivity contribution in [2.45, 2.75) is 6.42 Å². The summed E-state index contributed by atoms with van der Waals surface area (Å²) in [6, 6.07) is 10.2. The predicted molar refractivity (Wildman–Crippen MR) is 65.1 cm³/mol. The van der Waals surface area contributed by atoms with E-state index in [4.69, 9.17) is 5.73 Å². The molecule has 0 aliphatic rings.